The molecule has 2 saturated heterocycles. The number of amides is 1. The summed E-state index contributed by atoms with van der Waals surface area (Å²) >= 11 is 0. The summed E-state index contributed by atoms with van der Waals surface area (Å²) in [7, 11) is 0. The molecule has 0 aromatic rings. The minimum Gasteiger partial charge on any atom is -0.344 e. The van der Waals surface area contributed by atoms with Crippen molar-refractivity contribution in [2.75, 3.05) is 6.54 Å². The predicted octanol–water partition coefficient (Wildman–Crippen LogP) is 0.757. The molecular formula is C11H17NO3. The van der Waals surface area contributed by atoms with Crippen molar-refractivity contribution in [3.05, 3.63) is 0 Å². The van der Waals surface area contributed by atoms with E-state index in [1.165, 1.54) is 0 Å². The molecule has 15 heavy (non-hydrogen) atoms. The molecular weight excluding hydrogens is 194 g/mol. The molecule has 0 aromatic carbocycles. The first-order chi connectivity index (χ1) is 6.98. The summed E-state index contributed by atoms with van der Waals surface area (Å²) in [5.74, 6) is 0.166. The molecule has 0 spiro atoms. The maximum atomic E-state index is 11.4. The first kappa shape index (κ1) is 9.60. The lowest BCUT2D eigenvalue weighted by Gasteiger charge is -2.32. The lowest BCUT2D eigenvalue weighted by atomic mass is 10.0. The van der Waals surface area contributed by atoms with Crippen LogP contribution in [0.2, 0.25) is 0 Å². The fourth-order valence-corrected chi connectivity index (χ4v) is 3.29. The zero-order valence-electron chi connectivity index (χ0n) is 9.40. The van der Waals surface area contributed by atoms with Crippen molar-refractivity contribution in [3.8, 4) is 0 Å². The van der Waals surface area contributed by atoms with E-state index in [-0.39, 0.29) is 24.2 Å². The van der Waals surface area contributed by atoms with Crippen LogP contribution in [0.1, 0.15) is 27.2 Å². The quantitative estimate of drug-likeness (QED) is 0.593. The fraction of sp³-hybridized carbons (Fsp3) is 0.909. The Morgan fingerprint density at radius 3 is 2.67 bits per heavy atom. The molecule has 3 fully saturated rings. The Hall–Kier alpha value is -0.610. The molecule has 3 aliphatic rings. The van der Waals surface area contributed by atoms with Gasteiger partial charge in [-0.3, -0.25) is 4.79 Å². The van der Waals surface area contributed by atoms with Crippen molar-refractivity contribution in [1.29, 1.82) is 0 Å². The van der Waals surface area contributed by atoms with Crippen LogP contribution < -0.4 is 0 Å². The van der Waals surface area contributed by atoms with Crippen LogP contribution in [0.3, 0.4) is 0 Å². The highest BCUT2D eigenvalue weighted by atomic mass is 16.8. The molecule has 0 radical (unpaired) electrons. The molecule has 3 rings (SSSR count). The Kier molecular flexibility index (Phi) is 1.75. The number of fused-ring (bicyclic) bond motifs is 5. The van der Waals surface area contributed by atoms with Crippen LogP contribution in [0.15, 0.2) is 0 Å². The van der Waals surface area contributed by atoms with Crippen molar-refractivity contribution in [3.63, 3.8) is 0 Å². The summed E-state index contributed by atoms with van der Waals surface area (Å²) in [6.07, 6.45) is 1.36. The SMILES string of the molecule is CC(=O)N1C[C@@H]2C[C@@H]1[C@@H]1OC(C)(C)O[C@H]21. The summed E-state index contributed by atoms with van der Waals surface area (Å²) < 4.78 is 11.7. The first-order valence-electron chi connectivity index (χ1n) is 5.61. The number of carbonyl (C=O) groups is 1. The smallest absolute Gasteiger partial charge is 0.219 e. The molecule has 2 aliphatic heterocycles. The Labute approximate surface area is 89.5 Å². The van der Waals surface area contributed by atoms with E-state index in [4.69, 9.17) is 9.47 Å². The second-order valence-corrected chi connectivity index (χ2v) is 5.30. The monoisotopic (exact) mass is 211 g/mol. The van der Waals surface area contributed by atoms with Crippen LogP contribution in [-0.2, 0) is 14.3 Å². The van der Waals surface area contributed by atoms with E-state index >= 15 is 0 Å². The van der Waals surface area contributed by atoms with Gasteiger partial charge in [-0.05, 0) is 20.3 Å². The zero-order chi connectivity index (χ0) is 10.8. The lowest BCUT2D eigenvalue weighted by molar-refractivity contribution is -0.157. The third-order valence-corrected chi connectivity index (χ3v) is 3.79. The summed E-state index contributed by atoms with van der Waals surface area (Å²) in [5.41, 5.74) is 0. The molecule has 2 bridgehead atoms. The van der Waals surface area contributed by atoms with E-state index in [0.29, 0.717) is 5.92 Å². The van der Waals surface area contributed by atoms with Gasteiger partial charge in [0.1, 0.15) is 6.10 Å². The summed E-state index contributed by atoms with van der Waals surface area (Å²) in [4.78, 5) is 13.4. The number of piperidine rings is 1. The summed E-state index contributed by atoms with van der Waals surface area (Å²) in [6, 6.07) is 0.249. The van der Waals surface area contributed by atoms with Gasteiger partial charge in [0.2, 0.25) is 5.91 Å². The third kappa shape index (κ3) is 1.24. The standard InChI is InChI=1S/C11H17NO3/c1-6(13)12-5-7-4-8(12)10-9(7)14-11(2,3)15-10/h7-10H,4-5H2,1-3H3/t7-,8+,9+,10-/m0/s1. The van der Waals surface area contributed by atoms with Crippen molar-refractivity contribution >= 4 is 5.91 Å². The van der Waals surface area contributed by atoms with Crippen LogP contribution in [0.5, 0.6) is 0 Å². The Morgan fingerprint density at radius 1 is 1.33 bits per heavy atom. The Balaban J connectivity index is 1.84. The Morgan fingerprint density at radius 2 is 2.00 bits per heavy atom. The topological polar surface area (TPSA) is 38.8 Å². The number of rotatable bonds is 0. The summed E-state index contributed by atoms with van der Waals surface area (Å²) in [5, 5.41) is 0. The minimum absolute atomic E-state index is 0.0997. The first-order valence-corrected chi connectivity index (χ1v) is 5.61. The lowest BCUT2D eigenvalue weighted by Crippen LogP contribution is -2.48. The van der Waals surface area contributed by atoms with E-state index in [0.717, 1.165) is 13.0 Å². The van der Waals surface area contributed by atoms with Crippen LogP contribution in [0.25, 0.3) is 0 Å². The number of carbonyl (C=O) groups excluding carboxylic acids is 1. The molecule has 0 unspecified atom stereocenters. The third-order valence-electron chi connectivity index (χ3n) is 3.79. The molecule has 4 heteroatoms. The Bertz CT molecular complexity index is 315. The number of likely N-dealkylation sites (tertiary alicyclic amines) is 1. The van der Waals surface area contributed by atoms with Gasteiger partial charge in [0, 0.05) is 19.4 Å². The average Bonchev–Trinajstić information content (AvgIpc) is 2.70. The van der Waals surface area contributed by atoms with Crippen molar-refractivity contribution in [1.82, 2.24) is 4.90 Å². The highest BCUT2D eigenvalue weighted by molar-refractivity contribution is 5.74. The number of hydrogen-bond acceptors (Lipinski definition) is 3. The second-order valence-electron chi connectivity index (χ2n) is 5.30. The van der Waals surface area contributed by atoms with Gasteiger partial charge in [-0.2, -0.15) is 0 Å². The van der Waals surface area contributed by atoms with Gasteiger partial charge >= 0.3 is 0 Å². The predicted molar refractivity (Wildman–Crippen MR) is 53.1 cm³/mol. The van der Waals surface area contributed by atoms with Crippen LogP contribution in [0, 0.1) is 5.92 Å². The molecule has 0 aromatic heterocycles. The number of hydrogen-bond donors (Lipinski definition) is 0. The van der Waals surface area contributed by atoms with Gasteiger partial charge < -0.3 is 14.4 Å². The van der Waals surface area contributed by atoms with Gasteiger partial charge in [-0.15, -0.1) is 0 Å². The number of ether oxygens (including phenoxy) is 2. The van der Waals surface area contributed by atoms with Crippen molar-refractivity contribution < 1.29 is 14.3 Å². The highest BCUT2D eigenvalue weighted by Crippen LogP contribution is 2.47. The van der Waals surface area contributed by atoms with Crippen molar-refractivity contribution in [2.24, 2.45) is 5.92 Å². The van der Waals surface area contributed by atoms with E-state index < -0.39 is 5.79 Å². The van der Waals surface area contributed by atoms with Crippen LogP contribution >= 0.6 is 0 Å². The minimum atomic E-state index is -0.473. The van der Waals surface area contributed by atoms with E-state index in [1.54, 1.807) is 6.92 Å². The van der Waals surface area contributed by atoms with Gasteiger partial charge in [0.05, 0.1) is 12.1 Å². The molecule has 1 aliphatic carbocycles. The molecule has 1 amide bonds. The molecule has 0 N–H and O–H groups in total. The number of nitrogens with zero attached hydrogens (tertiary/aromatic N) is 1. The van der Waals surface area contributed by atoms with Crippen LogP contribution in [0.4, 0.5) is 0 Å². The zero-order valence-corrected chi connectivity index (χ0v) is 9.40. The summed E-state index contributed by atoms with van der Waals surface area (Å²) in [6.45, 7) is 6.38. The van der Waals surface area contributed by atoms with E-state index in [1.807, 2.05) is 18.7 Å². The maximum Gasteiger partial charge on any atom is 0.219 e. The highest BCUT2D eigenvalue weighted by Gasteiger charge is 2.60. The van der Waals surface area contributed by atoms with Gasteiger partial charge in [0.15, 0.2) is 5.79 Å². The molecule has 84 valence electrons. The van der Waals surface area contributed by atoms with E-state index in [9.17, 15) is 4.79 Å². The van der Waals surface area contributed by atoms with Gasteiger partial charge in [-0.1, -0.05) is 0 Å². The molecule has 2 heterocycles. The second kappa shape index (κ2) is 2.74. The maximum absolute atomic E-state index is 11.4. The van der Waals surface area contributed by atoms with Crippen LogP contribution in [-0.4, -0.2) is 41.4 Å². The van der Waals surface area contributed by atoms with E-state index in [2.05, 4.69) is 0 Å². The largest absolute Gasteiger partial charge is 0.344 e. The average molecular weight is 211 g/mol. The molecule has 1 saturated carbocycles. The normalized spacial score (nSPS) is 45.9. The molecule has 4 nitrogen and oxygen atoms in total. The fourth-order valence-electron chi connectivity index (χ4n) is 3.29. The van der Waals surface area contributed by atoms with Crippen molar-refractivity contribution in [2.45, 2.75) is 51.2 Å². The molecule has 4 atom stereocenters. The van der Waals surface area contributed by atoms with Gasteiger partial charge in [0.25, 0.3) is 0 Å². The van der Waals surface area contributed by atoms with Gasteiger partial charge in [-0.25, -0.2) is 0 Å².